The second-order valence-corrected chi connectivity index (χ2v) is 10.7. The molecule has 4 heterocycles. The first-order valence-electron chi connectivity index (χ1n) is 13.4. The van der Waals surface area contributed by atoms with E-state index in [1.807, 2.05) is 6.92 Å². The molecule has 2 aliphatic rings. The van der Waals surface area contributed by atoms with Crippen LogP contribution in [0.2, 0.25) is 0 Å². The van der Waals surface area contributed by atoms with Gasteiger partial charge in [-0.05, 0) is 43.2 Å². The van der Waals surface area contributed by atoms with E-state index >= 15 is 0 Å². The number of aryl methyl sites for hydroxylation is 1. The highest BCUT2D eigenvalue weighted by molar-refractivity contribution is 5.83. The Labute approximate surface area is 222 Å². The smallest absolute Gasteiger partial charge is 0.354 e. The largest absolute Gasteiger partial charge is 0.466 e. The molecule has 8 nitrogen and oxygen atoms in total. The first-order chi connectivity index (χ1) is 18.3. The van der Waals surface area contributed by atoms with Crippen LogP contribution in [0.15, 0.2) is 69.9 Å². The van der Waals surface area contributed by atoms with Crippen molar-refractivity contribution in [2.75, 3.05) is 13.7 Å². The maximum absolute atomic E-state index is 13.4. The van der Waals surface area contributed by atoms with E-state index in [0.29, 0.717) is 31.5 Å². The van der Waals surface area contributed by atoms with Crippen LogP contribution in [0.25, 0.3) is 0 Å². The Bertz CT molecular complexity index is 1170. The molecule has 2 saturated heterocycles. The van der Waals surface area contributed by atoms with E-state index in [0.717, 1.165) is 42.3 Å². The molecule has 2 aromatic heterocycles. The second kappa shape index (κ2) is 10.8. The Morgan fingerprint density at radius 1 is 0.974 bits per heavy atom. The lowest BCUT2D eigenvalue weighted by Crippen LogP contribution is -2.58. The van der Waals surface area contributed by atoms with Gasteiger partial charge >= 0.3 is 11.9 Å². The summed E-state index contributed by atoms with van der Waals surface area (Å²) in [6, 6.07) is 15.5. The lowest BCUT2D eigenvalue weighted by Gasteiger charge is -2.47. The molecule has 2 unspecified atom stereocenters. The summed E-state index contributed by atoms with van der Waals surface area (Å²) in [6.07, 6.45) is 7.23. The number of hydrogen-bond donors (Lipinski definition) is 1. The number of quaternary nitrogens is 1. The van der Waals surface area contributed by atoms with Crippen molar-refractivity contribution in [3.8, 4) is 0 Å². The van der Waals surface area contributed by atoms with Crippen molar-refractivity contribution in [1.29, 1.82) is 0 Å². The summed E-state index contributed by atoms with van der Waals surface area (Å²) >= 11 is 0. The third kappa shape index (κ3) is 5.02. The van der Waals surface area contributed by atoms with Crippen molar-refractivity contribution < 1.29 is 37.5 Å². The van der Waals surface area contributed by atoms with Gasteiger partial charge < -0.3 is 27.9 Å². The maximum atomic E-state index is 13.4. The van der Waals surface area contributed by atoms with Crippen LogP contribution in [-0.4, -0.2) is 53.4 Å². The molecule has 202 valence electrons. The number of aliphatic hydroxyl groups is 1. The molecule has 38 heavy (non-hydrogen) atoms. The number of ether oxygens (including phenoxy) is 2. The second-order valence-electron chi connectivity index (χ2n) is 10.7. The number of rotatable bonds is 10. The number of piperidine rings is 1. The van der Waals surface area contributed by atoms with E-state index in [1.165, 1.54) is 18.1 Å². The molecule has 0 amide bonds. The van der Waals surface area contributed by atoms with Gasteiger partial charge in [0.15, 0.2) is 11.5 Å². The van der Waals surface area contributed by atoms with E-state index in [-0.39, 0.29) is 23.6 Å². The van der Waals surface area contributed by atoms with Crippen molar-refractivity contribution in [2.24, 2.45) is 0 Å². The molecule has 4 atom stereocenters. The summed E-state index contributed by atoms with van der Waals surface area (Å²) in [7, 11) is 2.30. The van der Waals surface area contributed by atoms with Crippen molar-refractivity contribution in [1.82, 2.24) is 0 Å². The summed E-state index contributed by atoms with van der Waals surface area (Å²) in [5.74, 6) is -0.798. The van der Waals surface area contributed by atoms with E-state index in [2.05, 4.69) is 31.3 Å². The van der Waals surface area contributed by atoms with E-state index in [9.17, 15) is 14.7 Å². The third-order valence-electron chi connectivity index (χ3n) is 8.37. The van der Waals surface area contributed by atoms with Crippen molar-refractivity contribution in [2.45, 2.75) is 75.8 Å². The minimum absolute atomic E-state index is 0.0718. The first-order valence-corrected chi connectivity index (χ1v) is 13.4. The van der Waals surface area contributed by atoms with Gasteiger partial charge in [0.2, 0.25) is 0 Å². The predicted molar refractivity (Wildman–Crippen MR) is 138 cm³/mol. The summed E-state index contributed by atoms with van der Waals surface area (Å²) in [5.41, 5.74) is 0.250. The van der Waals surface area contributed by atoms with Crippen LogP contribution in [-0.2, 0) is 37.6 Å². The van der Waals surface area contributed by atoms with Gasteiger partial charge in [-0.2, -0.15) is 0 Å². The minimum Gasteiger partial charge on any atom is -0.466 e. The van der Waals surface area contributed by atoms with Gasteiger partial charge in [0, 0.05) is 37.7 Å². The Morgan fingerprint density at radius 2 is 1.55 bits per heavy atom. The zero-order valence-corrected chi connectivity index (χ0v) is 22.0. The van der Waals surface area contributed by atoms with Crippen LogP contribution in [0.4, 0.5) is 0 Å². The van der Waals surface area contributed by atoms with Crippen LogP contribution in [0.1, 0.15) is 61.7 Å². The van der Waals surface area contributed by atoms with Gasteiger partial charge in [-0.1, -0.05) is 24.3 Å². The average Bonchev–Trinajstić information content (AvgIpc) is 3.66. The zero-order valence-electron chi connectivity index (χ0n) is 22.0. The molecule has 3 aromatic rings. The summed E-state index contributed by atoms with van der Waals surface area (Å²) in [4.78, 5) is 25.0. The van der Waals surface area contributed by atoms with Crippen LogP contribution in [0, 0.1) is 0 Å². The lowest BCUT2D eigenvalue weighted by atomic mass is 9.94. The molecule has 0 spiro atoms. The topological polar surface area (TPSA) is 99.1 Å². The number of furan rings is 2. The average molecular weight is 523 g/mol. The van der Waals surface area contributed by atoms with Crippen LogP contribution < -0.4 is 0 Å². The molecule has 2 aliphatic heterocycles. The molecule has 0 radical (unpaired) electrons. The Balaban J connectivity index is 1.23. The zero-order chi connectivity index (χ0) is 26.8. The van der Waals surface area contributed by atoms with Crippen LogP contribution >= 0.6 is 0 Å². The highest BCUT2D eigenvalue weighted by Gasteiger charge is 2.54. The monoisotopic (exact) mass is 522 g/mol. The van der Waals surface area contributed by atoms with Gasteiger partial charge in [0.05, 0.1) is 38.3 Å². The highest BCUT2D eigenvalue weighted by Crippen LogP contribution is 2.44. The molecule has 0 saturated carbocycles. The molecule has 1 N–H and O–H groups in total. The van der Waals surface area contributed by atoms with E-state index in [1.54, 1.807) is 24.3 Å². The molecular weight excluding hydrogens is 486 g/mol. The molecular formula is C30H36NO7+. The molecule has 0 aliphatic carbocycles. The third-order valence-corrected chi connectivity index (χ3v) is 8.37. The molecule has 1 aromatic carbocycles. The number of carbonyl (C=O) groups excluding carboxylic acids is 2. The SMILES string of the molecule is CCOC(=O)CCc1ccc(C[N+]2(C)[C@@H]3CC[C@H]2CC(OC(=O)C(O)(c2ccco2)c2ccco2)C3)cc1. The number of fused-ring (bicyclic) bond motifs is 2. The van der Waals surface area contributed by atoms with E-state index < -0.39 is 11.6 Å². The van der Waals surface area contributed by atoms with Crippen molar-refractivity contribution in [3.05, 3.63) is 83.7 Å². The number of nitrogens with zero attached hydrogens (tertiary/aromatic N) is 1. The fourth-order valence-electron chi connectivity index (χ4n) is 6.26. The minimum atomic E-state index is -2.13. The molecule has 2 fully saturated rings. The first kappa shape index (κ1) is 26.3. The Morgan fingerprint density at radius 3 is 2.08 bits per heavy atom. The number of benzene rings is 1. The summed E-state index contributed by atoms with van der Waals surface area (Å²) in [6.45, 7) is 3.13. The van der Waals surface area contributed by atoms with E-state index in [4.69, 9.17) is 18.3 Å². The molecule has 5 rings (SSSR count). The fraction of sp³-hybridized carbons (Fsp3) is 0.467. The Hall–Kier alpha value is -3.36. The number of carbonyl (C=O) groups is 2. The van der Waals surface area contributed by atoms with Crippen LogP contribution in [0.3, 0.4) is 0 Å². The summed E-state index contributed by atoms with van der Waals surface area (Å²) in [5, 5.41) is 11.4. The van der Waals surface area contributed by atoms with Crippen LogP contribution in [0.5, 0.6) is 0 Å². The summed E-state index contributed by atoms with van der Waals surface area (Å²) < 4.78 is 22.7. The number of esters is 2. The standard InChI is InChI=1S/C30H36NO7/c1-3-35-28(32)15-12-21-8-10-22(11-9-21)20-31(2)23-13-14-24(31)19-25(18-23)38-29(33)30(34,26-6-4-16-36-26)27-7-5-17-37-27/h4-11,16-17,23-25,34H,3,12-15,18-20H2,1-2H3/q+1/t23-,24+,25?,31?. The van der Waals surface area contributed by atoms with Gasteiger partial charge in [-0.25, -0.2) is 4.79 Å². The predicted octanol–water partition coefficient (Wildman–Crippen LogP) is 4.49. The van der Waals surface area contributed by atoms with Gasteiger partial charge in [0.1, 0.15) is 12.6 Å². The van der Waals surface area contributed by atoms with Gasteiger partial charge in [-0.15, -0.1) is 0 Å². The van der Waals surface area contributed by atoms with Gasteiger partial charge in [-0.3, -0.25) is 4.79 Å². The number of hydrogen-bond acceptors (Lipinski definition) is 7. The lowest BCUT2D eigenvalue weighted by molar-refractivity contribution is -0.961. The Kier molecular flexibility index (Phi) is 7.45. The van der Waals surface area contributed by atoms with Crippen molar-refractivity contribution in [3.63, 3.8) is 0 Å². The molecule has 2 bridgehead atoms. The van der Waals surface area contributed by atoms with Crippen molar-refractivity contribution >= 4 is 11.9 Å². The van der Waals surface area contributed by atoms with Gasteiger partial charge in [0.25, 0.3) is 5.60 Å². The maximum Gasteiger partial charge on any atom is 0.354 e. The fourth-order valence-corrected chi connectivity index (χ4v) is 6.26. The quantitative estimate of drug-likeness (QED) is 0.309. The normalized spacial score (nSPS) is 24.8. The highest BCUT2D eigenvalue weighted by atomic mass is 16.6. The molecule has 8 heteroatoms.